The molecule has 0 spiro atoms. The lowest BCUT2D eigenvalue weighted by Crippen LogP contribution is -2.56. The summed E-state index contributed by atoms with van der Waals surface area (Å²) in [6.07, 6.45) is 3.59. The van der Waals surface area contributed by atoms with Crippen molar-refractivity contribution >= 4 is 11.5 Å². The molecule has 3 N–H and O–H groups in total. The average molecular weight is 391 g/mol. The minimum Gasteiger partial charge on any atom is -0.378 e. The van der Waals surface area contributed by atoms with Crippen molar-refractivity contribution in [1.29, 1.82) is 10.8 Å². The molecule has 0 aromatic carbocycles. The summed E-state index contributed by atoms with van der Waals surface area (Å²) in [5, 5.41) is 24.5. The van der Waals surface area contributed by atoms with E-state index in [1.54, 1.807) is 14.0 Å². The zero-order valence-corrected chi connectivity index (χ0v) is 17.5. The number of ether oxygens (including phenoxy) is 1. The normalized spacial score (nSPS) is 23.8. The summed E-state index contributed by atoms with van der Waals surface area (Å²) < 4.78 is 11.2. The number of piperidine rings is 1. The van der Waals surface area contributed by atoms with E-state index in [1.165, 1.54) is 0 Å². The monoisotopic (exact) mass is 390 g/mol. The molecule has 2 heterocycles. The third kappa shape index (κ3) is 5.17. The van der Waals surface area contributed by atoms with E-state index >= 15 is 0 Å². The Morgan fingerprint density at radius 3 is 2.68 bits per heavy atom. The number of aromatic nitrogens is 2. The molecule has 8 heteroatoms. The van der Waals surface area contributed by atoms with Crippen molar-refractivity contribution in [3.63, 3.8) is 0 Å². The molecule has 1 aliphatic carbocycles. The van der Waals surface area contributed by atoms with Crippen LogP contribution in [0.3, 0.4) is 0 Å². The predicted octanol–water partition coefficient (Wildman–Crippen LogP) is 2.77. The van der Waals surface area contributed by atoms with Crippen LogP contribution in [0.4, 0.5) is 0 Å². The smallest absolute Gasteiger partial charge is 0.237 e. The number of methoxy groups -OCH3 is 1. The van der Waals surface area contributed by atoms with Crippen LogP contribution in [0, 0.1) is 16.7 Å². The summed E-state index contributed by atoms with van der Waals surface area (Å²) in [4.78, 5) is 6.61. The second-order valence-electron chi connectivity index (χ2n) is 8.60. The van der Waals surface area contributed by atoms with Gasteiger partial charge in [0.2, 0.25) is 5.89 Å². The molecule has 1 unspecified atom stereocenters. The quantitative estimate of drug-likeness (QED) is 0.442. The zero-order chi connectivity index (χ0) is 20.3. The van der Waals surface area contributed by atoms with Gasteiger partial charge in [-0.2, -0.15) is 4.98 Å². The average Bonchev–Trinajstić information content (AvgIpc) is 3.40. The molecule has 1 saturated carbocycles. The molecule has 156 valence electrons. The highest BCUT2D eigenvalue weighted by molar-refractivity contribution is 5.91. The van der Waals surface area contributed by atoms with E-state index in [1.807, 2.05) is 0 Å². The van der Waals surface area contributed by atoms with Crippen LogP contribution in [-0.2, 0) is 4.74 Å². The molecule has 1 saturated heterocycles. The van der Waals surface area contributed by atoms with Gasteiger partial charge in [-0.3, -0.25) is 5.41 Å². The van der Waals surface area contributed by atoms with E-state index in [0.717, 1.165) is 38.2 Å². The van der Waals surface area contributed by atoms with Crippen LogP contribution in [0.5, 0.6) is 0 Å². The number of amidine groups is 1. The fourth-order valence-corrected chi connectivity index (χ4v) is 3.72. The standard InChI is InChI=1S/C20H34N6O2/c1-12(2)10-23-16-7-8-26(11-17(16)27-4)18(22)15(9-13(3)21)20-24-19(25-28-20)14-5-6-14/h12,14-17,21-23H,5-11H2,1-4H3/t15?,16-,17+/m1/s1. The topological polar surface area (TPSA) is 111 Å². The van der Waals surface area contributed by atoms with Crippen molar-refractivity contribution in [2.75, 3.05) is 26.7 Å². The summed E-state index contributed by atoms with van der Waals surface area (Å²) >= 11 is 0. The van der Waals surface area contributed by atoms with E-state index in [-0.39, 0.29) is 12.0 Å². The van der Waals surface area contributed by atoms with Crippen molar-refractivity contribution in [2.45, 2.75) is 70.4 Å². The third-order valence-electron chi connectivity index (χ3n) is 5.53. The third-order valence-corrected chi connectivity index (χ3v) is 5.53. The highest BCUT2D eigenvalue weighted by atomic mass is 16.5. The Morgan fingerprint density at radius 1 is 1.32 bits per heavy atom. The number of nitrogens with zero attached hydrogens (tertiary/aromatic N) is 3. The highest BCUT2D eigenvalue weighted by Crippen LogP contribution is 2.39. The lowest BCUT2D eigenvalue weighted by atomic mass is 9.96. The van der Waals surface area contributed by atoms with Crippen molar-refractivity contribution in [3.8, 4) is 0 Å². The molecule has 1 aliphatic heterocycles. The van der Waals surface area contributed by atoms with Gasteiger partial charge in [-0.05, 0) is 38.6 Å². The van der Waals surface area contributed by atoms with Crippen molar-refractivity contribution in [3.05, 3.63) is 11.7 Å². The zero-order valence-electron chi connectivity index (χ0n) is 17.5. The van der Waals surface area contributed by atoms with E-state index in [4.69, 9.17) is 20.1 Å². The lowest BCUT2D eigenvalue weighted by molar-refractivity contribution is 0.0239. The highest BCUT2D eigenvalue weighted by Gasteiger charge is 2.36. The maximum atomic E-state index is 8.83. The predicted molar refractivity (Wildman–Crippen MR) is 108 cm³/mol. The maximum absolute atomic E-state index is 8.83. The second-order valence-corrected chi connectivity index (χ2v) is 8.60. The molecular formula is C20H34N6O2. The Balaban J connectivity index is 1.68. The van der Waals surface area contributed by atoms with Gasteiger partial charge in [-0.15, -0.1) is 0 Å². The van der Waals surface area contributed by atoms with Crippen LogP contribution in [-0.4, -0.2) is 65.5 Å². The van der Waals surface area contributed by atoms with Gasteiger partial charge in [0.25, 0.3) is 0 Å². The molecule has 8 nitrogen and oxygen atoms in total. The molecule has 1 aromatic rings. The SMILES string of the molecule is CO[C@H]1CN(C(=N)C(CC(C)=N)c2nc(C3CC3)no2)CC[C@H]1NCC(C)C. The first-order valence-electron chi connectivity index (χ1n) is 10.4. The van der Waals surface area contributed by atoms with E-state index in [9.17, 15) is 0 Å². The van der Waals surface area contributed by atoms with Crippen LogP contribution >= 0.6 is 0 Å². The van der Waals surface area contributed by atoms with Crippen LogP contribution in [0.2, 0.25) is 0 Å². The minimum absolute atomic E-state index is 0.0271. The molecule has 3 atom stereocenters. The number of hydrogen-bond donors (Lipinski definition) is 3. The molecular weight excluding hydrogens is 356 g/mol. The first kappa shape index (κ1) is 20.9. The number of likely N-dealkylation sites (tertiary alicyclic amines) is 1. The first-order chi connectivity index (χ1) is 13.4. The number of nitrogens with one attached hydrogen (secondary N) is 3. The molecule has 2 fully saturated rings. The van der Waals surface area contributed by atoms with Gasteiger partial charge in [0.05, 0.1) is 6.10 Å². The molecule has 3 rings (SSSR count). The van der Waals surface area contributed by atoms with Crippen LogP contribution in [0.25, 0.3) is 0 Å². The Morgan fingerprint density at radius 2 is 2.07 bits per heavy atom. The summed E-state index contributed by atoms with van der Waals surface area (Å²) in [6, 6.07) is 0.296. The summed E-state index contributed by atoms with van der Waals surface area (Å²) in [5.41, 5.74) is 0.512. The van der Waals surface area contributed by atoms with Gasteiger partial charge in [0.15, 0.2) is 5.82 Å². The van der Waals surface area contributed by atoms with E-state index in [0.29, 0.717) is 48.3 Å². The van der Waals surface area contributed by atoms with Crippen LogP contribution < -0.4 is 5.32 Å². The largest absolute Gasteiger partial charge is 0.378 e. The molecule has 1 aromatic heterocycles. The van der Waals surface area contributed by atoms with Crippen molar-refractivity contribution in [2.24, 2.45) is 5.92 Å². The molecule has 28 heavy (non-hydrogen) atoms. The summed E-state index contributed by atoms with van der Waals surface area (Å²) in [7, 11) is 1.74. The van der Waals surface area contributed by atoms with Gasteiger partial charge in [-0.25, -0.2) is 0 Å². The number of hydrogen-bond acceptors (Lipinski definition) is 7. The summed E-state index contributed by atoms with van der Waals surface area (Å²) in [5.74, 6) is 2.30. The van der Waals surface area contributed by atoms with E-state index in [2.05, 4.69) is 34.2 Å². The van der Waals surface area contributed by atoms with Gasteiger partial charge >= 0.3 is 0 Å². The fraction of sp³-hybridized carbons (Fsp3) is 0.800. The number of rotatable bonds is 9. The molecule has 2 aliphatic rings. The van der Waals surface area contributed by atoms with E-state index < -0.39 is 0 Å². The minimum atomic E-state index is -0.366. The molecule has 0 bridgehead atoms. The van der Waals surface area contributed by atoms with Gasteiger partial charge < -0.3 is 24.9 Å². The van der Waals surface area contributed by atoms with Crippen LogP contribution in [0.15, 0.2) is 4.52 Å². The molecule has 0 radical (unpaired) electrons. The fourth-order valence-electron chi connectivity index (χ4n) is 3.72. The second kappa shape index (κ2) is 9.13. The van der Waals surface area contributed by atoms with Gasteiger partial charge in [0.1, 0.15) is 11.8 Å². The first-order valence-corrected chi connectivity index (χ1v) is 10.4. The Hall–Kier alpha value is -1.80. The molecule has 0 amide bonds. The Kier molecular flexibility index (Phi) is 6.82. The maximum Gasteiger partial charge on any atom is 0.237 e. The van der Waals surface area contributed by atoms with Crippen molar-refractivity contribution < 1.29 is 9.26 Å². The van der Waals surface area contributed by atoms with Crippen LogP contribution in [0.1, 0.15) is 70.0 Å². The summed E-state index contributed by atoms with van der Waals surface area (Å²) in [6.45, 7) is 8.56. The van der Waals surface area contributed by atoms with Gasteiger partial charge in [0, 0.05) is 44.3 Å². The Labute approximate surface area is 167 Å². The van der Waals surface area contributed by atoms with Crippen molar-refractivity contribution in [1.82, 2.24) is 20.4 Å². The van der Waals surface area contributed by atoms with Gasteiger partial charge in [-0.1, -0.05) is 19.0 Å². The lowest BCUT2D eigenvalue weighted by Gasteiger charge is -2.40. The Bertz CT molecular complexity index is 684.